The summed E-state index contributed by atoms with van der Waals surface area (Å²) >= 11 is 12.9. The van der Waals surface area contributed by atoms with Crippen molar-refractivity contribution in [1.82, 2.24) is 10.3 Å². The van der Waals surface area contributed by atoms with Crippen LogP contribution in [-0.4, -0.2) is 10.9 Å². The molecule has 2 heterocycles. The molecule has 8 heteroatoms. The van der Waals surface area contributed by atoms with Crippen LogP contribution in [0.1, 0.15) is 26.8 Å². The van der Waals surface area contributed by atoms with Crippen LogP contribution >= 0.6 is 34.5 Å². The first-order chi connectivity index (χ1) is 12.0. The zero-order chi connectivity index (χ0) is 18.0. The Balaban J connectivity index is 1.94. The average Bonchev–Trinajstić information content (AvgIpc) is 3.11. The van der Waals surface area contributed by atoms with Crippen LogP contribution in [0.4, 0.5) is 8.78 Å². The van der Waals surface area contributed by atoms with Crippen molar-refractivity contribution in [3.63, 3.8) is 0 Å². The number of carbonyl (C=O) groups is 1. The molecular weight excluding hydrogens is 389 g/mol. The third-order valence-electron chi connectivity index (χ3n) is 3.44. The highest BCUT2D eigenvalue weighted by Gasteiger charge is 2.22. The highest BCUT2D eigenvalue weighted by atomic mass is 35.5. The van der Waals surface area contributed by atoms with Crippen molar-refractivity contribution in [2.75, 3.05) is 0 Å². The van der Waals surface area contributed by atoms with Crippen molar-refractivity contribution in [3.05, 3.63) is 85.8 Å². The minimum atomic E-state index is -0.842. The molecule has 1 N–H and O–H groups in total. The van der Waals surface area contributed by atoms with Crippen LogP contribution in [0.2, 0.25) is 10.3 Å². The highest BCUT2D eigenvalue weighted by molar-refractivity contribution is 7.10. The van der Waals surface area contributed by atoms with Gasteiger partial charge in [0.15, 0.2) is 11.0 Å². The van der Waals surface area contributed by atoms with Gasteiger partial charge in [-0.2, -0.15) is 0 Å². The first-order valence-electron chi connectivity index (χ1n) is 7.07. The summed E-state index contributed by atoms with van der Waals surface area (Å²) in [5.74, 6) is -1.84. The third kappa shape index (κ3) is 3.98. The maximum Gasteiger partial charge on any atom is 0.255 e. The maximum atomic E-state index is 13.6. The Hall–Kier alpha value is -2.02. The minimum absolute atomic E-state index is 0.132. The number of pyridine rings is 1. The van der Waals surface area contributed by atoms with Gasteiger partial charge in [0.2, 0.25) is 0 Å². The van der Waals surface area contributed by atoms with Gasteiger partial charge < -0.3 is 5.32 Å². The lowest BCUT2D eigenvalue weighted by Gasteiger charge is -2.18. The van der Waals surface area contributed by atoms with Crippen LogP contribution in [0, 0.1) is 11.6 Å². The van der Waals surface area contributed by atoms with Gasteiger partial charge in [0.05, 0.1) is 11.6 Å². The lowest BCUT2D eigenvalue weighted by Crippen LogP contribution is -2.29. The summed E-state index contributed by atoms with van der Waals surface area (Å²) in [7, 11) is 0. The molecule has 0 bridgehead atoms. The summed E-state index contributed by atoms with van der Waals surface area (Å²) in [5.41, 5.74) is 0.544. The molecule has 2 aromatic heterocycles. The molecule has 3 rings (SSSR count). The zero-order valence-electron chi connectivity index (χ0n) is 12.5. The Labute approximate surface area is 156 Å². The molecule has 1 atom stereocenters. The van der Waals surface area contributed by atoms with E-state index in [4.69, 9.17) is 23.2 Å². The van der Waals surface area contributed by atoms with E-state index in [9.17, 15) is 13.6 Å². The topological polar surface area (TPSA) is 42.0 Å². The largest absolute Gasteiger partial charge is 0.340 e. The first kappa shape index (κ1) is 17.8. The smallest absolute Gasteiger partial charge is 0.255 e. The monoisotopic (exact) mass is 398 g/mol. The number of hydrogen-bond donors (Lipinski definition) is 1. The Bertz CT molecular complexity index is 902. The van der Waals surface area contributed by atoms with Crippen LogP contribution in [0.3, 0.4) is 0 Å². The molecule has 3 nitrogen and oxygen atoms in total. The van der Waals surface area contributed by atoms with Crippen molar-refractivity contribution >= 4 is 40.4 Å². The Morgan fingerprint density at radius 1 is 1.12 bits per heavy atom. The number of aromatic nitrogens is 1. The summed E-state index contributed by atoms with van der Waals surface area (Å²) < 4.78 is 26.8. The van der Waals surface area contributed by atoms with Gasteiger partial charge in [-0.05, 0) is 35.2 Å². The van der Waals surface area contributed by atoms with E-state index in [0.29, 0.717) is 5.56 Å². The van der Waals surface area contributed by atoms with Crippen molar-refractivity contribution in [1.29, 1.82) is 0 Å². The number of nitrogens with zero attached hydrogens (tertiary/aromatic N) is 1. The molecule has 1 amide bonds. The van der Waals surface area contributed by atoms with Crippen LogP contribution < -0.4 is 5.32 Å². The van der Waals surface area contributed by atoms with Crippen molar-refractivity contribution < 1.29 is 13.6 Å². The van der Waals surface area contributed by atoms with Gasteiger partial charge in [0.1, 0.15) is 11.0 Å². The molecule has 0 radical (unpaired) electrons. The van der Waals surface area contributed by atoms with Crippen LogP contribution in [0.25, 0.3) is 0 Å². The van der Waals surface area contributed by atoms with Crippen molar-refractivity contribution in [2.24, 2.45) is 0 Å². The molecule has 3 aromatic rings. The van der Waals surface area contributed by atoms with E-state index in [0.717, 1.165) is 10.9 Å². The van der Waals surface area contributed by atoms with E-state index in [1.165, 1.54) is 23.5 Å². The van der Waals surface area contributed by atoms with Gasteiger partial charge in [-0.25, -0.2) is 13.8 Å². The molecule has 0 spiro atoms. The van der Waals surface area contributed by atoms with E-state index >= 15 is 0 Å². The van der Waals surface area contributed by atoms with Gasteiger partial charge in [-0.1, -0.05) is 41.4 Å². The average molecular weight is 399 g/mol. The number of benzene rings is 1. The van der Waals surface area contributed by atoms with E-state index in [1.807, 2.05) is 17.5 Å². The fraction of sp³-hybridized carbons (Fsp3) is 0.0588. The molecule has 128 valence electrons. The summed E-state index contributed by atoms with van der Waals surface area (Å²) in [6.45, 7) is 0. The first-order valence-corrected chi connectivity index (χ1v) is 8.70. The second-order valence-electron chi connectivity index (χ2n) is 5.07. The molecular formula is C17H10Cl2F2N2OS. The quantitative estimate of drug-likeness (QED) is 0.609. The lowest BCUT2D eigenvalue weighted by atomic mass is 10.0. The molecule has 25 heavy (non-hydrogen) atoms. The minimum Gasteiger partial charge on any atom is -0.340 e. The molecule has 0 aliphatic heterocycles. The normalized spacial score (nSPS) is 12.0. The summed E-state index contributed by atoms with van der Waals surface area (Å²) in [6.07, 6.45) is 0. The lowest BCUT2D eigenvalue weighted by molar-refractivity contribution is 0.0943. The zero-order valence-corrected chi connectivity index (χ0v) is 14.8. The molecule has 1 aromatic carbocycles. The van der Waals surface area contributed by atoms with E-state index < -0.39 is 22.9 Å². The van der Waals surface area contributed by atoms with Crippen molar-refractivity contribution in [3.8, 4) is 0 Å². The number of amides is 1. The fourth-order valence-electron chi connectivity index (χ4n) is 2.24. The number of hydrogen-bond acceptors (Lipinski definition) is 3. The second kappa shape index (κ2) is 7.47. The molecule has 0 fully saturated rings. The maximum absolute atomic E-state index is 13.6. The number of rotatable bonds is 4. The van der Waals surface area contributed by atoms with Gasteiger partial charge in [0, 0.05) is 4.88 Å². The third-order valence-corrected chi connectivity index (χ3v) is 4.93. The van der Waals surface area contributed by atoms with Crippen molar-refractivity contribution in [2.45, 2.75) is 6.04 Å². The number of nitrogens with one attached hydrogen (secondary N) is 1. The molecule has 0 aliphatic carbocycles. The van der Waals surface area contributed by atoms with E-state index in [1.54, 1.807) is 12.1 Å². The number of halogens is 4. The molecule has 0 unspecified atom stereocenters. The Morgan fingerprint density at radius 3 is 2.48 bits per heavy atom. The number of thiophene rings is 1. The Kier molecular flexibility index (Phi) is 5.32. The SMILES string of the molecule is O=C(N[C@H](c1ccc(F)cc1)c1cccs1)c1cc(F)c(Cl)nc1Cl. The van der Waals surface area contributed by atoms with Gasteiger partial charge in [-0.15, -0.1) is 11.3 Å². The second-order valence-corrected chi connectivity index (χ2v) is 6.77. The predicted molar refractivity (Wildman–Crippen MR) is 94.2 cm³/mol. The van der Waals surface area contributed by atoms with E-state index in [2.05, 4.69) is 10.3 Å². The number of carbonyl (C=O) groups excluding carboxylic acids is 1. The van der Waals surface area contributed by atoms with Crippen LogP contribution in [0.15, 0.2) is 47.8 Å². The Morgan fingerprint density at radius 2 is 1.84 bits per heavy atom. The summed E-state index contributed by atoms with van der Waals surface area (Å²) in [5, 5.41) is 4.02. The van der Waals surface area contributed by atoms with E-state index in [-0.39, 0.29) is 16.5 Å². The van der Waals surface area contributed by atoms with Gasteiger partial charge >= 0.3 is 0 Å². The molecule has 0 saturated heterocycles. The fourth-order valence-corrected chi connectivity index (χ4v) is 3.45. The summed E-state index contributed by atoms with van der Waals surface area (Å²) in [6, 6.07) is 9.81. The van der Waals surface area contributed by atoms with Crippen LogP contribution in [0.5, 0.6) is 0 Å². The standard InChI is InChI=1S/C17H10Cl2F2N2OS/c18-15-11(8-12(21)16(19)23-15)17(24)22-14(13-2-1-7-25-13)9-3-5-10(20)6-4-9/h1-8,14H,(H,22,24)/t14-/m1/s1. The molecule has 0 saturated carbocycles. The van der Waals surface area contributed by atoms with Gasteiger partial charge in [-0.3, -0.25) is 4.79 Å². The predicted octanol–water partition coefficient (Wildman–Crippen LogP) is 5.25. The van der Waals surface area contributed by atoms with Gasteiger partial charge in [0.25, 0.3) is 5.91 Å². The highest BCUT2D eigenvalue weighted by Crippen LogP contribution is 2.28. The molecule has 0 aliphatic rings. The van der Waals surface area contributed by atoms with Crippen LogP contribution in [-0.2, 0) is 0 Å². The summed E-state index contributed by atoms with van der Waals surface area (Å²) in [4.78, 5) is 17.0.